The third-order valence-corrected chi connectivity index (χ3v) is 6.22. The molecule has 0 saturated carbocycles. The van der Waals surface area contributed by atoms with Gasteiger partial charge in [0, 0.05) is 42.8 Å². The van der Waals surface area contributed by atoms with Crippen molar-refractivity contribution in [2.75, 3.05) is 26.2 Å². The zero-order valence-corrected chi connectivity index (χ0v) is 19.1. The minimum Gasteiger partial charge on any atom is -0.450 e. The Morgan fingerprint density at radius 2 is 1.79 bits per heavy atom. The number of hydrogen-bond acceptors (Lipinski definition) is 3. The second kappa shape index (κ2) is 10.8. The van der Waals surface area contributed by atoms with Gasteiger partial charge < -0.3 is 14.6 Å². The van der Waals surface area contributed by atoms with Gasteiger partial charge in [-0.3, -0.25) is 4.90 Å². The summed E-state index contributed by atoms with van der Waals surface area (Å²) in [4.78, 5) is 13.7. The summed E-state index contributed by atoms with van der Waals surface area (Å²) >= 11 is 0. The van der Waals surface area contributed by atoms with Gasteiger partial charge in [-0.05, 0) is 74.3 Å². The topological polar surface area (TPSA) is 46.5 Å². The van der Waals surface area contributed by atoms with E-state index in [9.17, 15) is 13.6 Å². The molecular weight excluding hydrogens is 424 g/mol. The Balaban J connectivity index is 1.38. The number of hydrogen-bond donors (Lipinski definition) is 1. The van der Waals surface area contributed by atoms with Crippen molar-refractivity contribution >= 4 is 17.0 Å². The molecule has 1 aromatic heterocycles. The Kier molecular flexibility index (Phi) is 7.60. The van der Waals surface area contributed by atoms with Crippen molar-refractivity contribution in [1.82, 2.24) is 14.8 Å². The summed E-state index contributed by atoms with van der Waals surface area (Å²) in [6, 6.07) is 11.4. The molecule has 0 spiro atoms. The molecule has 0 saturated heterocycles. The second-order valence-corrected chi connectivity index (χ2v) is 8.49. The first-order valence-corrected chi connectivity index (χ1v) is 11.8. The van der Waals surface area contributed by atoms with Gasteiger partial charge in [0.2, 0.25) is 0 Å². The summed E-state index contributed by atoms with van der Waals surface area (Å²) in [7, 11) is 0. The number of carbonyl (C=O) groups excluding carboxylic acids is 1. The van der Waals surface area contributed by atoms with Crippen molar-refractivity contribution < 1.29 is 18.3 Å². The van der Waals surface area contributed by atoms with E-state index in [0.717, 1.165) is 68.3 Å². The first-order chi connectivity index (χ1) is 16.1. The molecule has 1 aliphatic rings. The number of alkyl carbamates (subject to hydrolysis) is 1. The fourth-order valence-corrected chi connectivity index (χ4v) is 4.65. The molecule has 0 radical (unpaired) electrons. The molecule has 0 fully saturated rings. The lowest BCUT2D eigenvalue weighted by atomic mass is 10.0. The summed E-state index contributed by atoms with van der Waals surface area (Å²) in [5.74, 6) is -0.506. The zero-order valence-electron chi connectivity index (χ0n) is 19.1. The molecule has 0 unspecified atom stereocenters. The van der Waals surface area contributed by atoms with E-state index in [0.29, 0.717) is 13.2 Å². The zero-order chi connectivity index (χ0) is 23.2. The second-order valence-electron chi connectivity index (χ2n) is 8.49. The Hall–Kier alpha value is -2.93. The highest BCUT2D eigenvalue weighted by atomic mass is 19.1. The van der Waals surface area contributed by atoms with Gasteiger partial charge in [-0.15, -0.1) is 0 Å². The first-order valence-electron chi connectivity index (χ1n) is 11.8. The highest BCUT2D eigenvalue weighted by Crippen LogP contribution is 2.34. The van der Waals surface area contributed by atoms with Crippen LogP contribution < -0.4 is 5.32 Å². The Morgan fingerprint density at radius 3 is 2.58 bits per heavy atom. The van der Waals surface area contributed by atoms with Crippen LogP contribution in [0.1, 0.15) is 43.9 Å². The minimum absolute atomic E-state index is 0.241. The summed E-state index contributed by atoms with van der Waals surface area (Å²) in [6.07, 6.45) is 4.69. The average Bonchev–Trinajstić information content (AvgIpc) is 3.12. The van der Waals surface area contributed by atoms with E-state index in [4.69, 9.17) is 4.74 Å². The van der Waals surface area contributed by atoms with E-state index in [2.05, 4.69) is 14.8 Å². The molecule has 33 heavy (non-hydrogen) atoms. The lowest BCUT2D eigenvalue weighted by Gasteiger charge is -2.28. The maximum absolute atomic E-state index is 14.1. The Bertz CT molecular complexity index is 1100. The number of fused-ring (bicyclic) bond motifs is 3. The predicted octanol–water partition coefficient (Wildman–Crippen LogP) is 5.57. The SMILES string of the molecule is CCOC(=O)NCCCCCCN1CCc2c(c3cc(F)ccc3n2-c2ccc(F)cc2)C1. The standard InChI is InChI=1S/C26H31F2N3O2/c1-2-33-26(32)29-14-5-3-4-6-15-30-16-13-25-23(18-30)22-17-20(28)9-12-24(22)31(25)21-10-7-19(27)8-11-21/h7-12,17H,2-6,13-16,18H2,1H3,(H,29,32). The number of nitrogens with zero attached hydrogens (tertiary/aromatic N) is 2. The monoisotopic (exact) mass is 455 g/mol. The van der Waals surface area contributed by atoms with Crippen LogP contribution in [0, 0.1) is 11.6 Å². The highest BCUT2D eigenvalue weighted by Gasteiger charge is 2.24. The van der Waals surface area contributed by atoms with Gasteiger partial charge in [0.25, 0.3) is 0 Å². The van der Waals surface area contributed by atoms with Crippen LogP contribution in [-0.2, 0) is 17.7 Å². The van der Waals surface area contributed by atoms with Crippen molar-refractivity contribution in [3.63, 3.8) is 0 Å². The number of nitrogens with one attached hydrogen (secondary N) is 1. The largest absolute Gasteiger partial charge is 0.450 e. The maximum Gasteiger partial charge on any atom is 0.407 e. The molecule has 0 aliphatic carbocycles. The molecule has 5 nitrogen and oxygen atoms in total. The molecule has 2 heterocycles. The number of amides is 1. The smallest absolute Gasteiger partial charge is 0.407 e. The number of ether oxygens (including phenoxy) is 1. The van der Waals surface area contributed by atoms with Crippen molar-refractivity contribution in [2.45, 2.75) is 45.6 Å². The van der Waals surface area contributed by atoms with Crippen LogP contribution in [-0.4, -0.2) is 41.8 Å². The van der Waals surface area contributed by atoms with Crippen LogP contribution in [0.3, 0.4) is 0 Å². The molecule has 1 amide bonds. The van der Waals surface area contributed by atoms with Crippen LogP contribution in [0.15, 0.2) is 42.5 Å². The Morgan fingerprint density at radius 1 is 1.03 bits per heavy atom. The Labute approximate surface area is 193 Å². The van der Waals surface area contributed by atoms with Crippen molar-refractivity contribution in [3.8, 4) is 5.69 Å². The molecule has 2 aromatic carbocycles. The first kappa shape index (κ1) is 23.2. The summed E-state index contributed by atoms with van der Waals surface area (Å²) in [5, 5.41) is 3.68. The van der Waals surface area contributed by atoms with Gasteiger partial charge in [-0.1, -0.05) is 12.8 Å². The molecule has 7 heteroatoms. The lowest BCUT2D eigenvalue weighted by molar-refractivity contribution is 0.152. The molecule has 1 N–H and O–H groups in total. The molecule has 4 rings (SSSR count). The van der Waals surface area contributed by atoms with Crippen molar-refractivity contribution in [1.29, 1.82) is 0 Å². The van der Waals surface area contributed by atoms with Crippen molar-refractivity contribution in [3.05, 3.63) is 65.4 Å². The van der Waals surface area contributed by atoms with Crippen LogP contribution in [0.2, 0.25) is 0 Å². The molecule has 3 aromatic rings. The van der Waals surface area contributed by atoms with E-state index >= 15 is 0 Å². The highest BCUT2D eigenvalue weighted by molar-refractivity contribution is 5.87. The predicted molar refractivity (Wildman–Crippen MR) is 126 cm³/mol. The quantitative estimate of drug-likeness (QED) is 0.429. The summed E-state index contributed by atoms with van der Waals surface area (Å²) < 4.78 is 34.6. The number of benzene rings is 2. The van der Waals surface area contributed by atoms with Crippen LogP contribution in [0.4, 0.5) is 13.6 Å². The molecule has 176 valence electrons. The van der Waals surface area contributed by atoms with Gasteiger partial charge >= 0.3 is 6.09 Å². The maximum atomic E-state index is 14.1. The van der Waals surface area contributed by atoms with E-state index in [1.54, 1.807) is 25.1 Å². The summed E-state index contributed by atoms with van der Waals surface area (Å²) in [5.41, 5.74) is 4.21. The molecular formula is C26H31F2N3O2. The fourth-order valence-electron chi connectivity index (χ4n) is 4.65. The van der Waals surface area contributed by atoms with Gasteiger partial charge in [-0.2, -0.15) is 0 Å². The molecule has 1 aliphatic heterocycles. The number of unbranched alkanes of at least 4 members (excludes halogenated alkanes) is 3. The van der Waals surface area contributed by atoms with E-state index < -0.39 is 0 Å². The fraction of sp³-hybridized carbons (Fsp3) is 0.423. The number of aromatic nitrogens is 1. The molecule has 0 bridgehead atoms. The van der Waals surface area contributed by atoms with Gasteiger partial charge in [-0.25, -0.2) is 13.6 Å². The third-order valence-electron chi connectivity index (χ3n) is 6.22. The van der Waals surface area contributed by atoms with Crippen LogP contribution >= 0.6 is 0 Å². The van der Waals surface area contributed by atoms with E-state index in [1.807, 2.05) is 6.07 Å². The van der Waals surface area contributed by atoms with Gasteiger partial charge in [0.15, 0.2) is 0 Å². The normalized spacial score (nSPS) is 13.8. The number of halogens is 2. The van der Waals surface area contributed by atoms with Gasteiger partial charge in [0.05, 0.1) is 12.1 Å². The lowest BCUT2D eigenvalue weighted by Crippen LogP contribution is -2.31. The van der Waals surface area contributed by atoms with Crippen LogP contribution in [0.25, 0.3) is 16.6 Å². The van der Waals surface area contributed by atoms with Gasteiger partial charge in [0.1, 0.15) is 11.6 Å². The minimum atomic E-state index is -0.349. The van der Waals surface area contributed by atoms with Crippen molar-refractivity contribution in [2.24, 2.45) is 0 Å². The number of rotatable bonds is 9. The number of carbonyl (C=O) groups is 1. The molecule has 0 atom stereocenters. The third kappa shape index (κ3) is 5.53. The van der Waals surface area contributed by atoms with Crippen LogP contribution in [0.5, 0.6) is 0 Å². The van der Waals surface area contributed by atoms with E-state index in [1.165, 1.54) is 29.5 Å². The van der Waals surface area contributed by atoms with E-state index in [-0.39, 0.29) is 17.7 Å². The summed E-state index contributed by atoms with van der Waals surface area (Å²) in [6.45, 7) is 5.54. The average molecular weight is 456 g/mol.